The van der Waals surface area contributed by atoms with E-state index in [2.05, 4.69) is 33.0 Å². The summed E-state index contributed by atoms with van der Waals surface area (Å²) in [6.07, 6.45) is 9.34. The number of hydrogen-bond donors (Lipinski definition) is 1. The number of nitrogens with zero attached hydrogens (tertiary/aromatic N) is 1. The first-order valence-electron chi connectivity index (χ1n) is 12.2. The Hall–Kier alpha value is -1.72. The maximum absolute atomic E-state index is 10.8. The van der Waals surface area contributed by atoms with Crippen molar-refractivity contribution < 1.29 is 14.6 Å². The number of para-hydroxylation sites is 3. The van der Waals surface area contributed by atoms with Crippen LogP contribution in [-0.2, 0) is 6.42 Å². The van der Waals surface area contributed by atoms with Gasteiger partial charge in [-0.1, -0.05) is 59.1 Å². The van der Waals surface area contributed by atoms with E-state index in [0.29, 0.717) is 31.3 Å². The van der Waals surface area contributed by atoms with Gasteiger partial charge in [0.25, 0.3) is 0 Å². The van der Waals surface area contributed by atoms with E-state index in [1.165, 1.54) is 38.5 Å². The third-order valence-electron chi connectivity index (χ3n) is 7.66. The first kappa shape index (κ1) is 22.1. The van der Waals surface area contributed by atoms with Crippen LogP contribution in [-0.4, -0.2) is 40.8 Å². The molecule has 6 rings (SSSR count). The maximum Gasteiger partial charge on any atom is 0.161 e. The molecule has 2 aromatic carbocycles. The number of phenols is 1. The SMILES string of the molecule is Oc1c(CCOc2ccccc2OCC2(Br)CC3CCN2CC3)cccc1C1CCCC1. The van der Waals surface area contributed by atoms with Crippen LogP contribution < -0.4 is 9.47 Å². The number of ether oxygens (including phenoxy) is 2. The molecule has 3 aliphatic heterocycles. The molecule has 0 amide bonds. The van der Waals surface area contributed by atoms with Crippen molar-refractivity contribution >= 4 is 15.9 Å². The Bertz CT molecular complexity index is 921. The highest BCUT2D eigenvalue weighted by Gasteiger charge is 2.44. The van der Waals surface area contributed by atoms with Gasteiger partial charge in [-0.25, -0.2) is 0 Å². The second-order valence-electron chi connectivity index (χ2n) is 9.72. The van der Waals surface area contributed by atoms with Gasteiger partial charge < -0.3 is 14.6 Å². The lowest BCUT2D eigenvalue weighted by molar-refractivity contribution is 0.00614. The smallest absolute Gasteiger partial charge is 0.161 e. The van der Waals surface area contributed by atoms with E-state index >= 15 is 0 Å². The molecule has 3 saturated heterocycles. The van der Waals surface area contributed by atoms with Gasteiger partial charge >= 0.3 is 0 Å². The van der Waals surface area contributed by atoms with Gasteiger partial charge in [0, 0.05) is 6.42 Å². The zero-order valence-electron chi connectivity index (χ0n) is 18.8. The molecule has 3 heterocycles. The molecule has 0 radical (unpaired) electrons. The van der Waals surface area contributed by atoms with Gasteiger partial charge in [-0.05, 0) is 80.3 Å². The lowest BCUT2D eigenvalue weighted by Crippen LogP contribution is -2.57. The number of fused-ring (bicyclic) bond motifs is 3. The Morgan fingerprint density at radius 2 is 1.66 bits per heavy atom. The van der Waals surface area contributed by atoms with Crippen LogP contribution in [0.1, 0.15) is 62.0 Å². The number of hydrogen-bond acceptors (Lipinski definition) is 4. The second kappa shape index (κ2) is 9.64. The molecule has 1 unspecified atom stereocenters. The van der Waals surface area contributed by atoms with Crippen molar-refractivity contribution in [2.75, 3.05) is 26.3 Å². The molecule has 5 heteroatoms. The largest absolute Gasteiger partial charge is 0.507 e. The topological polar surface area (TPSA) is 41.9 Å². The van der Waals surface area contributed by atoms with Crippen molar-refractivity contribution in [3.8, 4) is 17.2 Å². The van der Waals surface area contributed by atoms with Gasteiger partial charge in [-0.15, -0.1) is 0 Å². The number of phenolic OH excluding ortho intramolecular Hbond substituents is 1. The van der Waals surface area contributed by atoms with Crippen LogP contribution in [0, 0.1) is 5.92 Å². The third-order valence-corrected chi connectivity index (χ3v) is 8.71. The van der Waals surface area contributed by atoms with Crippen LogP contribution in [0.5, 0.6) is 17.2 Å². The van der Waals surface area contributed by atoms with E-state index in [1.807, 2.05) is 30.3 Å². The molecule has 4 fully saturated rings. The van der Waals surface area contributed by atoms with Gasteiger partial charge in [0.15, 0.2) is 11.5 Å². The molecule has 0 spiro atoms. The van der Waals surface area contributed by atoms with Crippen molar-refractivity contribution in [3.05, 3.63) is 53.6 Å². The Balaban J connectivity index is 1.20. The van der Waals surface area contributed by atoms with Crippen molar-refractivity contribution in [1.29, 1.82) is 0 Å². The summed E-state index contributed by atoms with van der Waals surface area (Å²) in [6.45, 7) is 3.44. The van der Waals surface area contributed by atoms with Crippen LogP contribution in [0.4, 0.5) is 0 Å². The number of aromatic hydroxyl groups is 1. The summed E-state index contributed by atoms with van der Waals surface area (Å²) in [4.78, 5) is 2.52. The highest BCUT2D eigenvalue weighted by Crippen LogP contribution is 2.44. The van der Waals surface area contributed by atoms with Gasteiger partial charge in [0.1, 0.15) is 16.8 Å². The molecule has 1 saturated carbocycles. The first-order valence-corrected chi connectivity index (χ1v) is 13.0. The van der Waals surface area contributed by atoms with E-state index in [1.54, 1.807) is 0 Å². The fourth-order valence-corrected chi connectivity index (χ4v) is 6.71. The number of benzene rings is 2. The molecule has 1 atom stereocenters. The van der Waals surface area contributed by atoms with E-state index < -0.39 is 0 Å². The summed E-state index contributed by atoms with van der Waals surface area (Å²) >= 11 is 3.99. The molecular weight excluding hydrogens is 466 g/mol. The van der Waals surface area contributed by atoms with E-state index in [0.717, 1.165) is 48.1 Å². The summed E-state index contributed by atoms with van der Waals surface area (Å²) in [6, 6.07) is 14.1. The Morgan fingerprint density at radius 1 is 0.938 bits per heavy atom. The lowest BCUT2D eigenvalue weighted by Gasteiger charge is -2.50. The zero-order chi connectivity index (χ0) is 22.0. The maximum atomic E-state index is 10.8. The predicted octanol–water partition coefficient (Wildman–Crippen LogP) is 6.26. The molecule has 1 aliphatic carbocycles. The van der Waals surface area contributed by atoms with Gasteiger partial charge in [0.05, 0.1) is 6.61 Å². The van der Waals surface area contributed by atoms with Gasteiger partial charge in [-0.2, -0.15) is 0 Å². The second-order valence-corrected chi connectivity index (χ2v) is 11.2. The molecule has 32 heavy (non-hydrogen) atoms. The Kier molecular flexibility index (Phi) is 6.66. The van der Waals surface area contributed by atoms with Gasteiger partial charge in [-0.3, -0.25) is 4.90 Å². The van der Waals surface area contributed by atoms with Crippen molar-refractivity contribution in [1.82, 2.24) is 4.90 Å². The van der Waals surface area contributed by atoms with Gasteiger partial charge in [0.2, 0.25) is 0 Å². The van der Waals surface area contributed by atoms with Crippen LogP contribution in [0.3, 0.4) is 0 Å². The third kappa shape index (κ3) is 4.65. The van der Waals surface area contributed by atoms with E-state index in [9.17, 15) is 5.11 Å². The number of piperidine rings is 3. The normalized spacial score (nSPS) is 27.5. The standard InChI is InChI=1S/C27H34BrNO3/c28-27(18-20-12-15-29(27)16-13-20)19-32-25-11-4-3-10-24(25)31-17-14-22-8-5-9-23(26(22)30)21-6-1-2-7-21/h3-5,8-11,20-21,30H,1-2,6-7,12-19H2. The summed E-state index contributed by atoms with van der Waals surface area (Å²) in [7, 11) is 0. The minimum atomic E-state index is -0.0618. The zero-order valence-corrected chi connectivity index (χ0v) is 20.4. The van der Waals surface area contributed by atoms with Crippen molar-refractivity contribution in [3.63, 3.8) is 0 Å². The molecule has 2 bridgehead atoms. The minimum absolute atomic E-state index is 0.0618. The summed E-state index contributed by atoms with van der Waals surface area (Å²) in [5.74, 6) is 3.34. The minimum Gasteiger partial charge on any atom is -0.507 e. The number of halogens is 1. The monoisotopic (exact) mass is 499 g/mol. The Morgan fingerprint density at radius 3 is 2.34 bits per heavy atom. The lowest BCUT2D eigenvalue weighted by atomic mass is 9.83. The van der Waals surface area contributed by atoms with E-state index in [4.69, 9.17) is 9.47 Å². The number of alkyl halides is 1. The predicted molar refractivity (Wildman–Crippen MR) is 131 cm³/mol. The molecule has 172 valence electrons. The summed E-state index contributed by atoms with van der Waals surface area (Å²) < 4.78 is 12.4. The number of rotatable bonds is 8. The molecule has 1 N–H and O–H groups in total. The van der Waals surface area contributed by atoms with Crippen molar-refractivity contribution in [2.24, 2.45) is 5.92 Å². The van der Waals surface area contributed by atoms with Crippen molar-refractivity contribution in [2.45, 2.75) is 61.7 Å². The summed E-state index contributed by atoms with van der Waals surface area (Å²) in [5.41, 5.74) is 2.08. The molecule has 4 nitrogen and oxygen atoms in total. The molecule has 4 aliphatic rings. The van der Waals surface area contributed by atoms with Crippen LogP contribution >= 0.6 is 15.9 Å². The quantitative estimate of drug-likeness (QED) is 0.343. The highest BCUT2D eigenvalue weighted by atomic mass is 79.9. The highest BCUT2D eigenvalue weighted by molar-refractivity contribution is 9.10. The van der Waals surface area contributed by atoms with Crippen LogP contribution in [0.15, 0.2) is 42.5 Å². The fraction of sp³-hybridized carbons (Fsp3) is 0.556. The van der Waals surface area contributed by atoms with E-state index in [-0.39, 0.29) is 4.45 Å². The molecule has 0 aromatic heterocycles. The Labute approximate surface area is 200 Å². The fourth-order valence-electron chi connectivity index (χ4n) is 5.79. The average molecular weight is 500 g/mol. The average Bonchev–Trinajstić information content (AvgIpc) is 3.35. The first-order chi connectivity index (χ1) is 15.6. The molecule has 2 aromatic rings. The van der Waals surface area contributed by atoms with Crippen LogP contribution in [0.25, 0.3) is 0 Å². The van der Waals surface area contributed by atoms with Crippen LogP contribution in [0.2, 0.25) is 0 Å². The summed E-state index contributed by atoms with van der Waals surface area (Å²) in [5, 5.41) is 10.8. The molecular formula is C27H34BrNO3.